The summed E-state index contributed by atoms with van der Waals surface area (Å²) in [5.41, 5.74) is 2.33. The summed E-state index contributed by atoms with van der Waals surface area (Å²) in [5, 5.41) is 13.6. The minimum atomic E-state index is 0.0284. The number of ether oxygens (including phenoxy) is 1. The highest BCUT2D eigenvalue weighted by Crippen LogP contribution is 2.41. The average Bonchev–Trinajstić information content (AvgIpc) is 2.37. The smallest absolute Gasteiger partial charge is 0.164 e. The largest absolute Gasteiger partial charge is 0.504 e. The molecule has 1 heterocycles. The van der Waals surface area contributed by atoms with Gasteiger partial charge in [0.1, 0.15) is 0 Å². The van der Waals surface area contributed by atoms with Crippen molar-refractivity contribution in [3.05, 3.63) is 23.3 Å². The normalized spacial score (nSPS) is 20.3. The molecule has 0 amide bonds. The summed E-state index contributed by atoms with van der Waals surface area (Å²) in [6.07, 6.45) is 2.32. The van der Waals surface area contributed by atoms with Gasteiger partial charge in [-0.1, -0.05) is 26.8 Å². The molecule has 3 nitrogen and oxygen atoms in total. The number of phenolic OH excluding ortho intramolecular Hbond substituents is 1. The van der Waals surface area contributed by atoms with Gasteiger partial charge in [-0.15, -0.1) is 0 Å². The highest BCUT2D eigenvalue weighted by atomic mass is 16.5. The van der Waals surface area contributed by atoms with Gasteiger partial charge < -0.3 is 15.2 Å². The van der Waals surface area contributed by atoms with Gasteiger partial charge in [-0.05, 0) is 36.4 Å². The van der Waals surface area contributed by atoms with Crippen molar-refractivity contribution < 1.29 is 9.84 Å². The van der Waals surface area contributed by atoms with Crippen LogP contribution in [-0.2, 0) is 5.41 Å². The van der Waals surface area contributed by atoms with Crippen LogP contribution in [0.25, 0.3) is 0 Å². The molecule has 1 aromatic rings. The first-order valence-corrected chi connectivity index (χ1v) is 7.05. The van der Waals surface area contributed by atoms with E-state index in [-0.39, 0.29) is 11.2 Å². The minimum Gasteiger partial charge on any atom is -0.504 e. The number of benzene rings is 1. The van der Waals surface area contributed by atoms with Gasteiger partial charge in [-0.2, -0.15) is 0 Å². The van der Waals surface area contributed by atoms with Crippen LogP contribution in [0.1, 0.15) is 50.7 Å². The van der Waals surface area contributed by atoms with E-state index in [4.69, 9.17) is 4.74 Å². The maximum atomic E-state index is 10.2. The quantitative estimate of drug-likeness (QED) is 0.861. The van der Waals surface area contributed by atoms with E-state index in [0.29, 0.717) is 11.7 Å². The molecular formula is C16H25NO2. The minimum absolute atomic E-state index is 0.0284. The first-order chi connectivity index (χ1) is 8.93. The van der Waals surface area contributed by atoms with Crippen molar-refractivity contribution in [3.8, 4) is 11.5 Å². The van der Waals surface area contributed by atoms with Crippen molar-refractivity contribution in [1.29, 1.82) is 0 Å². The fourth-order valence-corrected chi connectivity index (χ4v) is 2.71. The van der Waals surface area contributed by atoms with Crippen LogP contribution in [0.4, 0.5) is 0 Å². The number of rotatable bonds is 2. The predicted octanol–water partition coefficient (Wildman–Crippen LogP) is 3.17. The van der Waals surface area contributed by atoms with Crippen molar-refractivity contribution in [1.82, 2.24) is 5.32 Å². The summed E-state index contributed by atoms with van der Waals surface area (Å²) in [5.74, 6) is 1.33. The summed E-state index contributed by atoms with van der Waals surface area (Å²) in [4.78, 5) is 0. The Bertz CT molecular complexity index is 443. The first-order valence-electron chi connectivity index (χ1n) is 7.05. The predicted molar refractivity (Wildman–Crippen MR) is 78.2 cm³/mol. The van der Waals surface area contributed by atoms with Gasteiger partial charge in [0.2, 0.25) is 0 Å². The third-order valence-corrected chi connectivity index (χ3v) is 3.90. The van der Waals surface area contributed by atoms with Crippen LogP contribution >= 0.6 is 0 Å². The first kappa shape index (κ1) is 14.2. The Morgan fingerprint density at radius 2 is 2.05 bits per heavy atom. The summed E-state index contributed by atoms with van der Waals surface area (Å²) in [6, 6.07) is 4.04. The lowest BCUT2D eigenvalue weighted by Gasteiger charge is -2.28. The molecule has 1 aromatic carbocycles. The van der Waals surface area contributed by atoms with E-state index >= 15 is 0 Å². The molecule has 0 bridgehead atoms. The Morgan fingerprint density at radius 3 is 2.58 bits per heavy atom. The van der Waals surface area contributed by atoms with Crippen molar-refractivity contribution >= 4 is 0 Å². The summed E-state index contributed by atoms with van der Waals surface area (Å²) < 4.78 is 5.42. The van der Waals surface area contributed by atoms with E-state index in [1.54, 1.807) is 7.11 Å². The zero-order valence-electron chi connectivity index (χ0n) is 12.4. The van der Waals surface area contributed by atoms with E-state index in [1.807, 2.05) is 6.07 Å². The number of nitrogens with one attached hydrogen (secondary N) is 1. The second-order valence-electron chi connectivity index (χ2n) is 6.41. The molecule has 2 rings (SSSR count). The molecule has 1 saturated heterocycles. The van der Waals surface area contributed by atoms with Gasteiger partial charge in [-0.3, -0.25) is 0 Å². The molecule has 0 aromatic heterocycles. The number of phenols is 1. The van der Waals surface area contributed by atoms with Crippen LogP contribution in [0, 0.1) is 0 Å². The molecule has 1 aliphatic rings. The monoisotopic (exact) mass is 263 g/mol. The molecule has 1 fully saturated rings. The average molecular weight is 263 g/mol. The fraction of sp³-hybridized carbons (Fsp3) is 0.625. The van der Waals surface area contributed by atoms with Crippen molar-refractivity contribution in [2.24, 2.45) is 0 Å². The summed E-state index contributed by atoms with van der Waals surface area (Å²) >= 11 is 0. The Labute approximate surface area is 116 Å². The van der Waals surface area contributed by atoms with E-state index in [9.17, 15) is 5.11 Å². The number of aromatic hydroxyl groups is 1. The van der Waals surface area contributed by atoms with Gasteiger partial charge in [-0.25, -0.2) is 0 Å². The molecule has 3 heteroatoms. The molecule has 19 heavy (non-hydrogen) atoms. The van der Waals surface area contributed by atoms with E-state index in [1.165, 1.54) is 6.42 Å². The zero-order chi connectivity index (χ0) is 14.0. The van der Waals surface area contributed by atoms with Crippen LogP contribution in [0.3, 0.4) is 0 Å². The Hall–Kier alpha value is -1.22. The van der Waals surface area contributed by atoms with Crippen molar-refractivity contribution in [2.75, 3.05) is 20.2 Å². The number of hydrogen-bond acceptors (Lipinski definition) is 3. The van der Waals surface area contributed by atoms with Crippen LogP contribution < -0.4 is 10.1 Å². The van der Waals surface area contributed by atoms with Gasteiger partial charge >= 0.3 is 0 Å². The van der Waals surface area contributed by atoms with Gasteiger partial charge in [0.25, 0.3) is 0 Å². The van der Waals surface area contributed by atoms with E-state index in [0.717, 1.165) is 30.6 Å². The molecular weight excluding hydrogens is 238 g/mol. The molecule has 2 N–H and O–H groups in total. The van der Waals surface area contributed by atoms with Crippen LogP contribution in [0.15, 0.2) is 12.1 Å². The third kappa shape index (κ3) is 3.03. The van der Waals surface area contributed by atoms with Crippen LogP contribution in [0.2, 0.25) is 0 Å². The van der Waals surface area contributed by atoms with Crippen LogP contribution in [-0.4, -0.2) is 25.3 Å². The topological polar surface area (TPSA) is 41.5 Å². The van der Waals surface area contributed by atoms with Gasteiger partial charge in [0.05, 0.1) is 7.11 Å². The number of piperidine rings is 1. The number of hydrogen-bond donors (Lipinski definition) is 2. The lowest BCUT2D eigenvalue weighted by molar-refractivity contribution is 0.357. The highest BCUT2D eigenvalue weighted by Gasteiger charge is 2.24. The SMILES string of the molecule is COc1c(O)cc(C(C)(C)C)cc1C1CCCNC1. The maximum absolute atomic E-state index is 10.2. The number of methoxy groups -OCH3 is 1. The highest BCUT2D eigenvalue weighted by molar-refractivity contribution is 5.51. The Morgan fingerprint density at radius 1 is 1.32 bits per heavy atom. The molecule has 0 aliphatic carbocycles. The molecule has 1 unspecified atom stereocenters. The second-order valence-corrected chi connectivity index (χ2v) is 6.41. The Kier molecular flexibility index (Phi) is 4.04. The zero-order valence-corrected chi connectivity index (χ0v) is 12.4. The lowest BCUT2D eigenvalue weighted by atomic mass is 9.82. The van der Waals surface area contributed by atoms with E-state index < -0.39 is 0 Å². The summed E-state index contributed by atoms with van der Waals surface area (Å²) in [7, 11) is 1.63. The molecule has 1 atom stereocenters. The molecule has 1 aliphatic heterocycles. The van der Waals surface area contributed by atoms with Crippen LogP contribution in [0.5, 0.6) is 11.5 Å². The molecule has 0 saturated carbocycles. The van der Waals surface area contributed by atoms with E-state index in [2.05, 4.69) is 32.2 Å². The second kappa shape index (κ2) is 5.41. The molecule has 0 spiro atoms. The molecule has 106 valence electrons. The van der Waals surface area contributed by atoms with Crippen molar-refractivity contribution in [3.63, 3.8) is 0 Å². The summed E-state index contributed by atoms with van der Waals surface area (Å²) in [6.45, 7) is 8.54. The van der Waals surface area contributed by atoms with Gasteiger partial charge in [0.15, 0.2) is 11.5 Å². The lowest BCUT2D eigenvalue weighted by Crippen LogP contribution is -2.28. The Balaban J connectivity index is 2.46. The van der Waals surface area contributed by atoms with Crippen molar-refractivity contribution in [2.45, 2.75) is 44.9 Å². The molecule has 0 radical (unpaired) electrons. The maximum Gasteiger partial charge on any atom is 0.164 e. The third-order valence-electron chi connectivity index (χ3n) is 3.90. The van der Waals surface area contributed by atoms with Gasteiger partial charge in [0, 0.05) is 18.0 Å². The fourth-order valence-electron chi connectivity index (χ4n) is 2.71. The standard InChI is InChI=1S/C16H25NO2/c1-16(2,3)12-8-13(11-6-5-7-17-10-11)15(19-4)14(18)9-12/h8-9,11,17-18H,5-7,10H2,1-4H3.